The van der Waals surface area contributed by atoms with Gasteiger partial charge in [-0.2, -0.15) is 0 Å². The van der Waals surface area contributed by atoms with Crippen LogP contribution in [0.1, 0.15) is 49.5 Å². The average molecular weight is 298 g/mol. The number of nitrogens with zero attached hydrogens (tertiary/aromatic N) is 2. The minimum Gasteiger partial charge on any atom is -0.383 e. The zero-order valence-electron chi connectivity index (χ0n) is 13.4. The third-order valence-corrected chi connectivity index (χ3v) is 3.32. The summed E-state index contributed by atoms with van der Waals surface area (Å²) in [7, 11) is 0. The highest BCUT2D eigenvalue weighted by Gasteiger charge is 2.14. The maximum Gasteiger partial charge on any atom is 0.256 e. The van der Waals surface area contributed by atoms with Crippen LogP contribution in [0.2, 0.25) is 0 Å². The van der Waals surface area contributed by atoms with Gasteiger partial charge in [0.05, 0.1) is 5.56 Å². The van der Waals surface area contributed by atoms with Gasteiger partial charge in [-0.15, -0.1) is 0 Å². The van der Waals surface area contributed by atoms with Crippen molar-refractivity contribution in [3.8, 4) is 11.4 Å². The van der Waals surface area contributed by atoms with Crippen molar-refractivity contribution in [3.05, 3.63) is 41.6 Å². The van der Waals surface area contributed by atoms with Crippen molar-refractivity contribution in [1.82, 2.24) is 15.3 Å². The van der Waals surface area contributed by atoms with Crippen LogP contribution in [0.15, 0.2) is 30.5 Å². The molecule has 5 heteroatoms. The molecule has 116 valence electrons. The zero-order valence-corrected chi connectivity index (χ0v) is 13.4. The quantitative estimate of drug-likeness (QED) is 0.909. The van der Waals surface area contributed by atoms with Crippen molar-refractivity contribution in [2.75, 3.05) is 5.73 Å². The monoisotopic (exact) mass is 298 g/mol. The number of anilines is 1. The van der Waals surface area contributed by atoms with E-state index in [1.165, 1.54) is 11.8 Å². The van der Waals surface area contributed by atoms with E-state index in [1.807, 2.05) is 26.0 Å². The van der Waals surface area contributed by atoms with Crippen LogP contribution in [0.5, 0.6) is 0 Å². The molecule has 0 saturated carbocycles. The highest BCUT2D eigenvalue weighted by atomic mass is 16.1. The maximum atomic E-state index is 12.0. The van der Waals surface area contributed by atoms with Crippen molar-refractivity contribution in [2.24, 2.45) is 0 Å². The van der Waals surface area contributed by atoms with Crippen LogP contribution in [0, 0.1) is 0 Å². The fourth-order valence-electron chi connectivity index (χ4n) is 2.07. The number of nitrogen functional groups attached to an aromatic ring is 1. The molecule has 1 aromatic carbocycles. The fraction of sp³-hybridized carbons (Fsp3) is 0.353. The molecule has 0 spiro atoms. The molecule has 2 aromatic rings. The normalized spacial score (nSPS) is 11.0. The van der Waals surface area contributed by atoms with Crippen LogP contribution < -0.4 is 11.1 Å². The molecule has 3 N–H and O–H groups in total. The van der Waals surface area contributed by atoms with Crippen LogP contribution in [0.25, 0.3) is 11.4 Å². The molecule has 1 aromatic heterocycles. The summed E-state index contributed by atoms with van der Waals surface area (Å²) in [6.07, 6.45) is 1.48. The van der Waals surface area contributed by atoms with Crippen LogP contribution in [-0.4, -0.2) is 21.9 Å². The number of amides is 1. The Hall–Kier alpha value is -2.43. The molecule has 2 rings (SSSR count). The molecule has 0 fully saturated rings. The lowest BCUT2D eigenvalue weighted by Gasteiger charge is -2.10. The number of carbonyl (C=O) groups is 1. The molecule has 0 unspecified atom stereocenters. The predicted molar refractivity (Wildman–Crippen MR) is 88.6 cm³/mol. The highest BCUT2D eigenvalue weighted by Crippen LogP contribution is 2.21. The minimum absolute atomic E-state index is 0.0372. The van der Waals surface area contributed by atoms with Gasteiger partial charge in [-0.1, -0.05) is 38.1 Å². The SMILES string of the molecule is CC(C)NC(=O)c1cnc(-c2ccc(C(C)C)cc2)nc1N. The first kappa shape index (κ1) is 15.9. The van der Waals surface area contributed by atoms with E-state index in [0.29, 0.717) is 17.3 Å². The topological polar surface area (TPSA) is 80.9 Å². The summed E-state index contributed by atoms with van der Waals surface area (Å²) >= 11 is 0. The lowest BCUT2D eigenvalue weighted by molar-refractivity contribution is 0.0943. The molecular formula is C17H22N4O. The van der Waals surface area contributed by atoms with Crippen LogP contribution in [0.4, 0.5) is 5.82 Å². The highest BCUT2D eigenvalue weighted by molar-refractivity contribution is 5.98. The Morgan fingerprint density at radius 3 is 2.27 bits per heavy atom. The number of hydrogen-bond acceptors (Lipinski definition) is 4. The van der Waals surface area contributed by atoms with E-state index >= 15 is 0 Å². The number of hydrogen-bond donors (Lipinski definition) is 2. The molecule has 22 heavy (non-hydrogen) atoms. The lowest BCUT2D eigenvalue weighted by Crippen LogP contribution is -2.31. The minimum atomic E-state index is -0.255. The van der Waals surface area contributed by atoms with Gasteiger partial charge in [0, 0.05) is 17.8 Å². The molecule has 0 bridgehead atoms. The summed E-state index contributed by atoms with van der Waals surface area (Å²) < 4.78 is 0. The van der Waals surface area contributed by atoms with Crippen LogP contribution in [-0.2, 0) is 0 Å². The average Bonchev–Trinajstić information content (AvgIpc) is 2.46. The van der Waals surface area contributed by atoms with E-state index in [-0.39, 0.29) is 17.8 Å². The summed E-state index contributed by atoms with van der Waals surface area (Å²) in [6, 6.07) is 8.09. The largest absolute Gasteiger partial charge is 0.383 e. The van der Waals surface area contributed by atoms with E-state index < -0.39 is 0 Å². The van der Waals surface area contributed by atoms with Gasteiger partial charge in [0.1, 0.15) is 5.82 Å². The van der Waals surface area contributed by atoms with Gasteiger partial charge in [-0.05, 0) is 25.3 Å². The van der Waals surface area contributed by atoms with Gasteiger partial charge in [-0.3, -0.25) is 4.79 Å². The van der Waals surface area contributed by atoms with Crippen molar-refractivity contribution < 1.29 is 4.79 Å². The number of aromatic nitrogens is 2. The Morgan fingerprint density at radius 2 is 1.77 bits per heavy atom. The van der Waals surface area contributed by atoms with Gasteiger partial charge in [-0.25, -0.2) is 9.97 Å². The number of carbonyl (C=O) groups excluding carboxylic acids is 1. The second-order valence-electron chi connectivity index (χ2n) is 5.90. The summed E-state index contributed by atoms with van der Waals surface area (Å²) in [4.78, 5) is 20.5. The van der Waals surface area contributed by atoms with E-state index in [0.717, 1.165) is 5.56 Å². The number of benzene rings is 1. The Kier molecular flexibility index (Phi) is 4.75. The molecule has 0 aliphatic rings. The zero-order chi connectivity index (χ0) is 16.3. The Morgan fingerprint density at radius 1 is 1.14 bits per heavy atom. The molecule has 5 nitrogen and oxygen atoms in total. The first-order valence-corrected chi connectivity index (χ1v) is 7.42. The number of nitrogens with two attached hydrogens (primary N) is 1. The van der Waals surface area contributed by atoms with Gasteiger partial charge in [0.15, 0.2) is 5.82 Å². The van der Waals surface area contributed by atoms with Crippen molar-refractivity contribution in [2.45, 2.75) is 39.7 Å². The fourth-order valence-corrected chi connectivity index (χ4v) is 2.07. The smallest absolute Gasteiger partial charge is 0.256 e. The third kappa shape index (κ3) is 3.61. The number of rotatable bonds is 4. The Balaban J connectivity index is 2.27. The molecule has 1 amide bonds. The first-order chi connectivity index (χ1) is 10.4. The van der Waals surface area contributed by atoms with Crippen molar-refractivity contribution in [3.63, 3.8) is 0 Å². The van der Waals surface area contributed by atoms with Crippen molar-refractivity contribution in [1.29, 1.82) is 0 Å². The lowest BCUT2D eigenvalue weighted by atomic mass is 10.0. The molecule has 0 aliphatic carbocycles. The third-order valence-electron chi connectivity index (χ3n) is 3.32. The summed E-state index contributed by atoms with van der Waals surface area (Å²) in [5, 5.41) is 2.78. The molecule has 0 radical (unpaired) electrons. The molecule has 0 saturated heterocycles. The van der Waals surface area contributed by atoms with E-state index in [2.05, 4.69) is 41.3 Å². The van der Waals surface area contributed by atoms with Crippen molar-refractivity contribution >= 4 is 11.7 Å². The standard InChI is InChI=1S/C17H22N4O/c1-10(2)12-5-7-13(8-6-12)16-19-9-14(15(18)21-16)17(22)20-11(3)4/h5-11H,1-4H3,(H,20,22)(H2,18,19,21). The molecular weight excluding hydrogens is 276 g/mol. The molecule has 1 heterocycles. The second-order valence-corrected chi connectivity index (χ2v) is 5.90. The Labute approximate surface area is 131 Å². The van der Waals surface area contributed by atoms with Gasteiger partial charge >= 0.3 is 0 Å². The summed E-state index contributed by atoms with van der Waals surface area (Å²) in [5.74, 6) is 0.932. The van der Waals surface area contributed by atoms with Gasteiger partial charge < -0.3 is 11.1 Å². The second kappa shape index (κ2) is 6.56. The summed E-state index contributed by atoms with van der Waals surface area (Å²) in [6.45, 7) is 8.07. The van der Waals surface area contributed by atoms with Crippen LogP contribution in [0.3, 0.4) is 0 Å². The summed E-state index contributed by atoms with van der Waals surface area (Å²) in [5.41, 5.74) is 8.34. The predicted octanol–water partition coefficient (Wildman–Crippen LogP) is 2.99. The molecule has 0 atom stereocenters. The van der Waals surface area contributed by atoms with E-state index in [4.69, 9.17) is 5.73 Å². The van der Waals surface area contributed by atoms with E-state index in [9.17, 15) is 4.79 Å². The first-order valence-electron chi connectivity index (χ1n) is 7.42. The van der Waals surface area contributed by atoms with E-state index in [1.54, 1.807) is 0 Å². The number of nitrogens with one attached hydrogen (secondary N) is 1. The van der Waals surface area contributed by atoms with Gasteiger partial charge in [0.2, 0.25) is 0 Å². The molecule has 0 aliphatic heterocycles. The maximum absolute atomic E-state index is 12.0. The van der Waals surface area contributed by atoms with Crippen LogP contribution >= 0.6 is 0 Å². The van der Waals surface area contributed by atoms with Gasteiger partial charge in [0.25, 0.3) is 5.91 Å². The Bertz CT molecular complexity index is 663.